The van der Waals surface area contributed by atoms with Crippen molar-refractivity contribution in [1.82, 2.24) is 4.98 Å². The molecule has 8 heteroatoms. The Morgan fingerprint density at radius 3 is 2.29 bits per heavy atom. The van der Waals surface area contributed by atoms with Crippen molar-refractivity contribution in [3.63, 3.8) is 0 Å². The number of aromatic amines is 1. The van der Waals surface area contributed by atoms with Crippen molar-refractivity contribution in [1.29, 1.82) is 0 Å². The number of benzene rings is 2. The van der Waals surface area contributed by atoms with Gasteiger partial charge in [0.05, 0.1) is 16.7 Å². The number of hydrogen-bond acceptors (Lipinski definition) is 3. The van der Waals surface area contributed by atoms with Crippen LogP contribution in [0.3, 0.4) is 0 Å². The number of H-pyrrole nitrogens is 1. The Balaban J connectivity index is 1.16. The van der Waals surface area contributed by atoms with Gasteiger partial charge in [-0.2, -0.15) is 13.2 Å². The minimum atomic E-state index is -4.37. The fourth-order valence-corrected chi connectivity index (χ4v) is 4.36. The van der Waals surface area contributed by atoms with E-state index in [1.54, 1.807) is 6.20 Å². The Morgan fingerprint density at radius 2 is 1.68 bits per heavy atom. The molecule has 3 aliphatic rings. The molecule has 0 radical (unpaired) electrons. The summed E-state index contributed by atoms with van der Waals surface area (Å²) in [5.74, 6) is 1.78. The van der Waals surface area contributed by atoms with Crippen LogP contribution in [0.2, 0.25) is 0 Å². The van der Waals surface area contributed by atoms with Gasteiger partial charge < -0.3 is 19.8 Å². The van der Waals surface area contributed by atoms with Gasteiger partial charge in [-0.3, -0.25) is 4.79 Å². The zero-order valence-electron chi connectivity index (χ0n) is 16.6. The average molecular weight is 430 g/mol. The molecule has 162 valence electrons. The van der Waals surface area contributed by atoms with Gasteiger partial charge in [-0.05, 0) is 67.6 Å². The van der Waals surface area contributed by atoms with Crippen LogP contribution >= 0.6 is 0 Å². The van der Waals surface area contributed by atoms with E-state index in [1.807, 2.05) is 18.2 Å². The first kappa shape index (κ1) is 19.8. The number of alkyl halides is 3. The molecule has 3 fully saturated rings. The maximum Gasteiger partial charge on any atom is 0.416 e. The zero-order chi connectivity index (χ0) is 21.6. The standard InChI is InChI=1S/C23H21F3N2O3/c24-23(25,26)15-1-3-16(4-2-15)30-7-8-31-17-5-6-19-18(9-17)20(13-27-19)28-21(29)22-10-14(11-22)12-22/h1-6,9,13-14,27H,7-8,10-12H2,(H,28,29). The van der Waals surface area contributed by atoms with Gasteiger partial charge in [-0.15, -0.1) is 0 Å². The highest BCUT2D eigenvalue weighted by Gasteiger charge is 2.61. The molecular weight excluding hydrogens is 409 g/mol. The summed E-state index contributed by atoms with van der Waals surface area (Å²) in [4.78, 5) is 15.7. The van der Waals surface area contributed by atoms with Gasteiger partial charge in [-0.25, -0.2) is 0 Å². The lowest BCUT2D eigenvalue weighted by atomic mass is 9.44. The fourth-order valence-electron chi connectivity index (χ4n) is 4.36. The van der Waals surface area contributed by atoms with Gasteiger partial charge in [0.15, 0.2) is 0 Å². The number of halogens is 3. The number of anilines is 1. The van der Waals surface area contributed by atoms with E-state index < -0.39 is 11.7 Å². The minimum absolute atomic E-state index is 0.0900. The number of ether oxygens (including phenoxy) is 2. The monoisotopic (exact) mass is 430 g/mol. The topological polar surface area (TPSA) is 63.4 Å². The fraction of sp³-hybridized carbons (Fsp3) is 0.348. The van der Waals surface area contributed by atoms with Gasteiger partial charge in [0, 0.05) is 17.1 Å². The van der Waals surface area contributed by atoms with Gasteiger partial charge >= 0.3 is 6.18 Å². The molecule has 31 heavy (non-hydrogen) atoms. The van der Waals surface area contributed by atoms with Crippen molar-refractivity contribution >= 4 is 22.5 Å². The largest absolute Gasteiger partial charge is 0.490 e. The van der Waals surface area contributed by atoms with E-state index in [2.05, 4.69) is 10.3 Å². The van der Waals surface area contributed by atoms with E-state index in [9.17, 15) is 18.0 Å². The Morgan fingerprint density at radius 1 is 1.03 bits per heavy atom. The summed E-state index contributed by atoms with van der Waals surface area (Å²) in [5, 5.41) is 3.91. The summed E-state index contributed by atoms with van der Waals surface area (Å²) in [6.07, 6.45) is 0.400. The third-order valence-corrected chi connectivity index (χ3v) is 6.22. The number of rotatable bonds is 7. The van der Waals surface area contributed by atoms with Crippen LogP contribution in [0.1, 0.15) is 24.8 Å². The lowest BCUT2D eigenvalue weighted by Gasteiger charge is -2.60. The maximum absolute atomic E-state index is 12.6. The van der Waals surface area contributed by atoms with Crippen molar-refractivity contribution < 1.29 is 27.4 Å². The third-order valence-electron chi connectivity index (χ3n) is 6.22. The predicted octanol–water partition coefficient (Wildman–Crippen LogP) is 5.38. The number of carbonyl (C=O) groups excluding carboxylic acids is 1. The molecule has 5 nitrogen and oxygen atoms in total. The molecule has 0 spiro atoms. The molecule has 3 saturated carbocycles. The molecule has 6 rings (SSSR count). The second kappa shape index (κ2) is 7.21. The van der Waals surface area contributed by atoms with Gasteiger partial charge in [0.1, 0.15) is 24.7 Å². The first-order valence-electron chi connectivity index (χ1n) is 10.2. The zero-order valence-corrected chi connectivity index (χ0v) is 16.6. The summed E-state index contributed by atoms with van der Waals surface area (Å²) in [7, 11) is 0. The highest BCUT2D eigenvalue weighted by molar-refractivity contribution is 6.04. The summed E-state index contributed by atoms with van der Waals surface area (Å²) in [6.45, 7) is 0.410. The van der Waals surface area contributed by atoms with Gasteiger partial charge in [-0.1, -0.05) is 0 Å². The van der Waals surface area contributed by atoms with E-state index in [0.29, 0.717) is 11.5 Å². The quantitative estimate of drug-likeness (QED) is 0.495. The summed E-state index contributed by atoms with van der Waals surface area (Å²) in [6, 6.07) is 10.1. The molecule has 2 N–H and O–H groups in total. The Labute approximate surface area is 176 Å². The molecule has 2 aromatic carbocycles. The molecule has 1 amide bonds. The molecule has 3 aliphatic carbocycles. The highest BCUT2D eigenvalue weighted by atomic mass is 19.4. The van der Waals surface area contributed by atoms with Crippen LogP contribution < -0.4 is 14.8 Å². The second-order valence-corrected chi connectivity index (χ2v) is 8.34. The number of carbonyl (C=O) groups is 1. The lowest BCUT2D eigenvalue weighted by Crippen LogP contribution is -2.58. The van der Waals surface area contributed by atoms with E-state index in [1.165, 1.54) is 12.1 Å². The molecule has 0 saturated heterocycles. The Bertz CT molecular complexity index is 1100. The van der Waals surface area contributed by atoms with Crippen molar-refractivity contribution in [2.45, 2.75) is 25.4 Å². The molecule has 3 aromatic rings. The number of amides is 1. The summed E-state index contributed by atoms with van der Waals surface area (Å²) in [5.41, 5.74) is 0.753. The van der Waals surface area contributed by atoms with Crippen LogP contribution in [0.15, 0.2) is 48.7 Å². The maximum atomic E-state index is 12.6. The predicted molar refractivity (Wildman–Crippen MR) is 109 cm³/mol. The van der Waals surface area contributed by atoms with E-state index in [4.69, 9.17) is 9.47 Å². The van der Waals surface area contributed by atoms with Crippen molar-refractivity contribution in [2.24, 2.45) is 11.3 Å². The van der Waals surface area contributed by atoms with E-state index >= 15 is 0 Å². The Kier molecular flexibility index (Phi) is 4.60. The van der Waals surface area contributed by atoms with Crippen molar-refractivity contribution in [2.75, 3.05) is 18.5 Å². The van der Waals surface area contributed by atoms with Crippen molar-refractivity contribution in [3.8, 4) is 11.5 Å². The van der Waals surface area contributed by atoms with Crippen LogP contribution in [-0.4, -0.2) is 24.1 Å². The lowest BCUT2D eigenvalue weighted by molar-refractivity contribution is -0.158. The molecular formula is C23H21F3N2O3. The SMILES string of the molecule is O=C(Nc1c[nH]c2ccc(OCCOc3ccc(C(F)(F)F)cc3)cc12)C12CC(C1)C2. The molecule has 2 bridgehead atoms. The molecule has 0 atom stereocenters. The summed E-state index contributed by atoms with van der Waals surface area (Å²) < 4.78 is 49.0. The highest BCUT2D eigenvalue weighted by Crippen LogP contribution is 2.64. The van der Waals surface area contributed by atoms with E-state index in [-0.39, 0.29) is 24.5 Å². The van der Waals surface area contributed by atoms with Gasteiger partial charge in [0.2, 0.25) is 5.91 Å². The smallest absolute Gasteiger partial charge is 0.416 e. The number of aromatic nitrogens is 1. The molecule has 1 aromatic heterocycles. The van der Waals surface area contributed by atoms with Crippen LogP contribution in [-0.2, 0) is 11.0 Å². The first-order valence-corrected chi connectivity index (χ1v) is 10.2. The van der Waals surface area contributed by atoms with E-state index in [0.717, 1.165) is 53.9 Å². The van der Waals surface area contributed by atoms with Crippen LogP contribution in [0.5, 0.6) is 11.5 Å². The number of hydrogen-bond donors (Lipinski definition) is 2. The van der Waals surface area contributed by atoms with Gasteiger partial charge in [0.25, 0.3) is 0 Å². The first-order chi connectivity index (χ1) is 14.8. The number of nitrogens with one attached hydrogen (secondary N) is 2. The van der Waals surface area contributed by atoms with Crippen LogP contribution in [0, 0.1) is 11.3 Å². The number of fused-ring (bicyclic) bond motifs is 1. The van der Waals surface area contributed by atoms with Crippen LogP contribution in [0.4, 0.5) is 18.9 Å². The van der Waals surface area contributed by atoms with Crippen LogP contribution in [0.25, 0.3) is 10.9 Å². The molecule has 1 heterocycles. The third kappa shape index (κ3) is 3.71. The summed E-state index contributed by atoms with van der Waals surface area (Å²) >= 11 is 0. The molecule has 0 aliphatic heterocycles. The minimum Gasteiger partial charge on any atom is -0.490 e. The van der Waals surface area contributed by atoms with Crippen molar-refractivity contribution in [3.05, 3.63) is 54.2 Å². The Hall–Kier alpha value is -3.16. The average Bonchev–Trinajstić information content (AvgIpc) is 3.04. The normalized spacial score (nSPS) is 21.8. The molecule has 0 unspecified atom stereocenters. The second-order valence-electron chi connectivity index (χ2n) is 8.34.